The molecule has 3 aromatic carbocycles. The molecule has 160 valence electrons. The molecule has 0 radical (unpaired) electrons. The number of hydrogen-bond donors (Lipinski definition) is 3. The molecule has 3 N–H and O–H groups in total. The molecule has 0 amide bonds. The van der Waals surface area contributed by atoms with Gasteiger partial charge in [-0.3, -0.25) is 10.1 Å². The molecular weight excluding hydrogens is 408 g/mol. The number of pyridine rings is 1. The molecule has 3 heterocycles. The second-order valence-electron chi connectivity index (χ2n) is 8.13. The van der Waals surface area contributed by atoms with E-state index in [0.29, 0.717) is 0 Å². The summed E-state index contributed by atoms with van der Waals surface area (Å²) in [5, 5.41) is 12.2. The number of benzene rings is 3. The first-order valence-electron chi connectivity index (χ1n) is 10.9. The SMILES string of the molecule is Cc1c(CNc2ccccc2)cncc1-c1ccc2[nH]nc(-c3nc4ccccc4[nH]3)c2c1. The fraction of sp³-hybridized carbons (Fsp3) is 0.0741. The minimum absolute atomic E-state index is 0.717. The lowest BCUT2D eigenvalue weighted by Gasteiger charge is -2.13. The third-order valence-corrected chi connectivity index (χ3v) is 6.06. The van der Waals surface area contributed by atoms with Gasteiger partial charge in [0.15, 0.2) is 5.82 Å². The maximum atomic E-state index is 4.73. The van der Waals surface area contributed by atoms with Crippen molar-refractivity contribution in [2.45, 2.75) is 13.5 Å². The van der Waals surface area contributed by atoms with Crippen molar-refractivity contribution < 1.29 is 0 Å². The van der Waals surface area contributed by atoms with E-state index in [1.165, 1.54) is 11.1 Å². The third kappa shape index (κ3) is 3.51. The number of aromatic nitrogens is 5. The zero-order valence-corrected chi connectivity index (χ0v) is 18.1. The lowest BCUT2D eigenvalue weighted by atomic mass is 9.98. The number of nitrogens with one attached hydrogen (secondary N) is 3. The Morgan fingerprint density at radius 1 is 0.879 bits per heavy atom. The summed E-state index contributed by atoms with van der Waals surface area (Å²) in [7, 11) is 0. The van der Waals surface area contributed by atoms with Gasteiger partial charge in [0.05, 0.1) is 16.6 Å². The van der Waals surface area contributed by atoms with Crippen LogP contribution in [0.15, 0.2) is 85.2 Å². The summed E-state index contributed by atoms with van der Waals surface area (Å²) in [4.78, 5) is 12.7. The molecule has 0 aliphatic carbocycles. The van der Waals surface area contributed by atoms with Crippen LogP contribution < -0.4 is 5.32 Å². The second-order valence-corrected chi connectivity index (χ2v) is 8.13. The van der Waals surface area contributed by atoms with Gasteiger partial charge >= 0.3 is 0 Å². The second kappa shape index (κ2) is 7.91. The highest BCUT2D eigenvalue weighted by molar-refractivity contribution is 5.95. The Balaban J connectivity index is 1.38. The van der Waals surface area contributed by atoms with Crippen LogP contribution in [0.1, 0.15) is 11.1 Å². The predicted octanol–water partition coefficient (Wildman–Crippen LogP) is 6.09. The van der Waals surface area contributed by atoms with Gasteiger partial charge < -0.3 is 10.3 Å². The number of H-pyrrole nitrogens is 2. The summed E-state index contributed by atoms with van der Waals surface area (Å²) in [6.07, 6.45) is 3.87. The van der Waals surface area contributed by atoms with E-state index >= 15 is 0 Å². The lowest BCUT2D eigenvalue weighted by Crippen LogP contribution is -2.03. The number of fused-ring (bicyclic) bond motifs is 2. The summed E-state index contributed by atoms with van der Waals surface area (Å²) in [5.74, 6) is 0.759. The molecule has 0 unspecified atom stereocenters. The first-order valence-corrected chi connectivity index (χ1v) is 10.9. The summed E-state index contributed by atoms with van der Waals surface area (Å²) >= 11 is 0. The molecule has 0 bridgehead atoms. The zero-order valence-electron chi connectivity index (χ0n) is 18.1. The summed E-state index contributed by atoms with van der Waals surface area (Å²) in [6.45, 7) is 2.87. The Bertz CT molecular complexity index is 1550. The van der Waals surface area contributed by atoms with Crippen molar-refractivity contribution in [3.63, 3.8) is 0 Å². The van der Waals surface area contributed by atoms with Gasteiger partial charge in [0.1, 0.15) is 5.69 Å². The molecule has 0 aliphatic rings. The van der Waals surface area contributed by atoms with Crippen molar-refractivity contribution in [2.24, 2.45) is 0 Å². The van der Waals surface area contributed by atoms with E-state index in [1.54, 1.807) is 0 Å². The Kier molecular flexibility index (Phi) is 4.61. The van der Waals surface area contributed by atoms with Crippen LogP contribution in [0.3, 0.4) is 0 Å². The van der Waals surface area contributed by atoms with Gasteiger partial charge in [0.25, 0.3) is 0 Å². The van der Waals surface area contributed by atoms with E-state index in [2.05, 4.69) is 62.7 Å². The maximum Gasteiger partial charge on any atom is 0.159 e. The van der Waals surface area contributed by atoms with E-state index in [4.69, 9.17) is 4.98 Å². The Labute approximate surface area is 190 Å². The van der Waals surface area contributed by atoms with Crippen LogP contribution in [0, 0.1) is 6.92 Å². The minimum atomic E-state index is 0.717. The number of imidazole rings is 1. The fourth-order valence-electron chi connectivity index (χ4n) is 4.22. The first kappa shape index (κ1) is 19.3. The van der Waals surface area contributed by atoms with Crippen molar-refractivity contribution in [3.05, 3.63) is 96.3 Å². The van der Waals surface area contributed by atoms with E-state index in [-0.39, 0.29) is 0 Å². The van der Waals surface area contributed by atoms with E-state index in [9.17, 15) is 0 Å². The lowest BCUT2D eigenvalue weighted by molar-refractivity contribution is 1.08. The average molecular weight is 431 g/mol. The van der Waals surface area contributed by atoms with Crippen molar-refractivity contribution in [2.75, 3.05) is 5.32 Å². The van der Waals surface area contributed by atoms with Gasteiger partial charge in [-0.2, -0.15) is 5.10 Å². The molecule has 6 nitrogen and oxygen atoms in total. The van der Waals surface area contributed by atoms with Crippen molar-refractivity contribution >= 4 is 27.6 Å². The first-order chi connectivity index (χ1) is 16.3. The number of aromatic amines is 2. The van der Waals surface area contributed by atoms with Gasteiger partial charge in [-0.05, 0) is 60.0 Å². The van der Waals surface area contributed by atoms with Crippen molar-refractivity contribution in [1.82, 2.24) is 25.1 Å². The van der Waals surface area contributed by atoms with Gasteiger partial charge in [0, 0.05) is 35.6 Å². The van der Waals surface area contributed by atoms with Crippen LogP contribution in [0.25, 0.3) is 44.6 Å². The molecule has 0 saturated heterocycles. The summed E-state index contributed by atoms with van der Waals surface area (Å²) in [6, 6.07) is 24.6. The van der Waals surface area contributed by atoms with Crippen molar-refractivity contribution in [1.29, 1.82) is 0 Å². The molecule has 0 spiro atoms. The van der Waals surface area contributed by atoms with Crippen LogP contribution in [0.4, 0.5) is 5.69 Å². The summed E-state index contributed by atoms with van der Waals surface area (Å²) < 4.78 is 0. The quantitative estimate of drug-likeness (QED) is 0.309. The van der Waals surface area contributed by atoms with Gasteiger partial charge in [-0.25, -0.2) is 4.98 Å². The van der Waals surface area contributed by atoms with Crippen LogP contribution >= 0.6 is 0 Å². The molecule has 6 aromatic rings. The highest BCUT2D eigenvalue weighted by atomic mass is 15.1. The minimum Gasteiger partial charge on any atom is -0.381 e. The Morgan fingerprint density at radius 2 is 1.73 bits per heavy atom. The monoisotopic (exact) mass is 430 g/mol. The molecule has 3 aromatic heterocycles. The predicted molar refractivity (Wildman–Crippen MR) is 133 cm³/mol. The van der Waals surface area contributed by atoms with Crippen LogP contribution in [-0.4, -0.2) is 25.1 Å². The van der Waals surface area contributed by atoms with Gasteiger partial charge in [-0.15, -0.1) is 0 Å². The number of hydrogen-bond acceptors (Lipinski definition) is 4. The van der Waals surface area contributed by atoms with Crippen molar-refractivity contribution in [3.8, 4) is 22.6 Å². The number of anilines is 1. The zero-order chi connectivity index (χ0) is 22.2. The molecule has 6 heteroatoms. The standard InChI is InChI=1S/C27H22N6/c1-17-19(15-29-20-7-3-2-4-8-20)14-28-16-22(17)18-11-12-23-21(13-18)26(33-32-23)27-30-24-9-5-6-10-25(24)31-27/h2-14,16,29H,15H2,1H3,(H,30,31)(H,32,33). The topological polar surface area (TPSA) is 82.3 Å². The molecule has 33 heavy (non-hydrogen) atoms. The molecule has 6 rings (SSSR count). The number of nitrogens with zero attached hydrogens (tertiary/aromatic N) is 3. The highest BCUT2D eigenvalue weighted by Crippen LogP contribution is 2.32. The maximum absolute atomic E-state index is 4.73. The Hall–Kier alpha value is -4.45. The van der Waals surface area contributed by atoms with E-state index < -0.39 is 0 Å². The Morgan fingerprint density at radius 3 is 2.61 bits per heavy atom. The molecule has 0 saturated carbocycles. The highest BCUT2D eigenvalue weighted by Gasteiger charge is 2.15. The van der Waals surface area contributed by atoms with Crippen LogP contribution in [0.5, 0.6) is 0 Å². The van der Waals surface area contributed by atoms with Gasteiger partial charge in [-0.1, -0.05) is 36.4 Å². The molecular formula is C27H22N6. The summed E-state index contributed by atoms with van der Waals surface area (Å²) in [5.41, 5.74) is 9.41. The molecule has 0 aliphatic heterocycles. The normalized spacial score (nSPS) is 11.3. The number of para-hydroxylation sites is 3. The number of rotatable bonds is 5. The smallest absolute Gasteiger partial charge is 0.159 e. The third-order valence-electron chi connectivity index (χ3n) is 6.06. The van der Waals surface area contributed by atoms with E-state index in [0.717, 1.165) is 56.8 Å². The van der Waals surface area contributed by atoms with Crippen LogP contribution in [0.2, 0.25) is 0 Å². The molecule has 0 fully saturated rings. The fourth-order valence-corrected chi connectivity index (χ4v) is 4.22. The van der Waals surface area contributed by atoms with E-state index in [1.807, 2.05) is 54.9 Å². The molecule has 0 atom stereocenters. The van der Waals surface area contributed by atoms with Gasteiger partial charge in [0.2, 0.25) is 0 Å². The average Bonchev–Trinajstić information content (AvgIpc) is 3.47. The largest absolute Gasteiger partial charge is 0.381 e. The van der Waals surface area contributed by atoms with Crippen LogP contribution in [-0.2, 0) is 6.54 Å².